The molecule has 0 amide bonds. The molecule has 1 saturated heterocycles. The van der Waals surface area contributed by atoms with Gasteiger partial charge in [-0.25, -0.2) is 0 Å². The van der Waals surface area contributed by atoms with Crippen LogP contribution in [0, 0.1) is 0 Å². The number of nitrogens with zero attached hydrogens (tertiary/aromatic N) is 2. The Morgan fingerprint density at radius 1 is 0.667 bits per heavy atom. The number of hydrogen-bond donors (Lipinski definition) is 0. The van der Waals surface area contributed by atoms with Crippen LogP contribution in [0.3, 0.4) is 0 Å². The largest absolute Gasteiger partial charge is 0.668 e. The van der Waals surface area contributed by atoms with Crippen molar-refractivity contribution in [3.63, 3.8) is 0 Å². The fourth-order valence-electron chi connectivity index (χ4n) is 4.46. The van der Waals surface area contributed by atoms with Crippen LogP contribution < -0.4 is 0 Å². The molecule has 2 atom stereocenters. The summed E-state index contributed by atoms with van der Waals surface area (Å²) in [6.45, 7) is 0. The first-order valence-corrected chi connectivity index (χ1v) is 16.0. The molecule has 2 unspecified atom stereocenters. The predicted molar refractivity (Wildman–Crippen MR) is 116 cm³/mol. The maximum Gasteiger partial charge on any atom is -0.162 e. The molecule has 3 aliphatic rings. The van der Waals surface area contributed by atoms with E-state index in [1.54, 1.807) is 47.6 Å². The summed E-state index contributed by atoms with van der Waals surface area (Å²) in [6, 6.07) is 18.1. The maximum absolute atomic E-state index is 3.50. The van der Waals surface area contributed by atoms with Crippen molar-refractivity contribution in [2.75, 3.05) is 28.2 Å². The second-order valence-electron chi connectivity index (χ2n) is 7.56. The van der Waals surface area contributed by atoms with Gasteiger partial charge in [-0.3, -0.25) is 0 Å². The van der Waals surface area contributed by atoms with Crippen molar-refractivity contribution in [1.29, 1.82) is 0 Å². The summed E-state index contributed by atoms with van der Waals surface area (Å²) in [4.78, 5) is 0. The minimum absolute atomic E-state index is 0.802. The molecule has 2 aromatic rings. The first-order chi connectivity index (χ1) is 13.2. The molecule has 0 bridgehead atoms. The van der Waals surface area contributed by atoms with Gasteiger partial charge in [0, 0.05) is 0 Å². The molecule has 2 aliphatic carbocycles. The third-order valence-corrected chi connectivity index (χ3v) is 18.3. The minimum Gasteiger partial charge on any atom is -0.668 e. The monoisotopic (exact) mass is 436 g/mol. The number of fused-ring (bicyclic) bond motifs is 2. The summed E-state index contributed by atoms with van der Waals surface area (Å²) >= 11 is -2.13. The van der Waals surface area contributed by atoms with Gasteiger partial charge < -0.3 is 10.6 Å². The first kappa shape index (κ1) is 20.5. The molecule has 140 valence electrons. The van der Waals surface area contributed by atoms with E-state index in [2.05, 4.69) is 83.5 Å². The maximum atomic E-state index is 3.50. The van der Waals surface area contributed by atoms with Crippen LogP contribution in [-0.2, 0) is 20.3 Å². The van der Waals surface area contributed by atoms with Gasteiger partial charge in [-0.05, 0) is 0 Å². The molecule has 5 rings (SSSR count). The van der Waals surface area contributed by atoms with Gasteiger partial charge in [0.2, 0.25) is 0 Å². The molecule has 1 fully saturated rings. The van der Waals surface area contributed by atoms with Gasteiger partial charge in [0.05, 0.1) is 0 Å². The molecule has 1 aliphatic heterocycles. The molecule has 0 radical (unpaired) electrons. The van der Waals surface area contributed by atoms with Crippen LogP contribution in [-0.4, -0.2) is 28.2 Å². The van der Waals surface area contributed by atoms with E-state index in [-0.39, 0.29) is 0 Å². The van der Waals surface area contributed by atoms with Crippen molar-refractivity contribution in [3.8, 4) is 0 Å². The van der Waals surface area contributed by atoms with Crippen molar-refractivity contribution < 1.29 is 20.3 Å². The SMILES string of the molecule is C1=C[CH]([Zr+2]2([CH]3C=Cc4ccccc43)[CH2][CH2]2)c2ccccc21.C[N-]C.C[N-]C. The Bertz CT molecular complexity index is 755. The number of hydrogen-bond acceptors (Lipinski definition) is 0. The third-order valence-electron chi connectivity index (χ3n) is 5.66. The van der Waals surface area contributed by atoms with E-state index in [1.165, 1.54) is 11.1 Å². The van der Waals surface area contributed by atoms with E-state index in [9.17, 15) is 0 Å². The van der Waals surface area contributed by atoms with Crippen molar-refractivity contribution in [2.45, 2.75) is 15.5 Å². The minimum atomic E-state index is -2.13. The van der Waals surface area contributed by atoms with Crippen molar-refractivity contribution in [3.05, 3.63) is 93.6 Å². The molecule has 0 aromatic heterocycles. The van der Waals surface area contributed by atoms with Crippen molar-refractivity contribution in [2.24, 2.45) is 0 Å². The van der Waals surface area contributed by atoms with E-state index in [0.717, 1.165) is 7.25 Å². The van der Waals surface area contributed by atoms with Crippen LogP contribution in [0.4, 0.5) is 0 Å². The van der Waals surface area contributed by atoms with E-state index in [4.69, 9.17) is 0 Å². The van der Waals surface area contributed by atoms with Crippen LogP contribution >= 0.6 is 0 Å². The Balaban J connectivity index is 0.000000314. The van der Waals surface area contributed by atoms with Gasteiger partial charge in [-0.1, -0.05) is 0 Å². The number of benzene rings is 2. The molecule has 2 aromatic carbocycles. The second-order valence-corrected chi connectivity index (χ2v) is 19.1. The van der Waals surface area contributed by atoms with Crippen molar-refractivity contribution in [1.82, 2.24) is 0 Å². The zero-order chi connectivity index (χ0) is 19.3. The fraction of sp³-hybridized carbons (Fsp3) is 0.333. The Kier molecular flexibility index (Phi) is 7.03. The Morgan fingerprint density at radius 3 is 1.41 bits per heavy atom. The molecule has 3 heteroatoms. The average molecular weight is 438 g/mol. The molecule has 27 heavy (non-hydrogen) atoms. The molecule has 0 spiro atoms. The van der Waals surface area contributed by atoms with Crippen molar-refractivity contribution >= 4 is 12.2 Å². The molecular formula is C24H30N2Zr. The Morgan fingerprint density at radius 2 is 1.04 bits per heavy atom. The Hall–Kier alpha value is -1.28. The smallest absolute Gasteiger partial charge is 0.162 e. The molecular weight excluding hydrogens is 408 g/mol. The fourth-order valence-corrected chi connectivity index (χ4v) is 20.1. The summed E-state index contributed by atoms with van der Waals surface area (Å²) in [6.07, 6.45) is 9.84. The summed E-state index contributed by atoms with van der Waals surface area (Å²) in [5.74, 6) is 0. The van der Waals surface area contributed by atoms with E-state index < -0.39 is 20.3 Å². The number of rotatable bonds is 2. The van der Waals surface area contributed by atoms with Crippen LogP contribution in [0.15, 0.2) is 60.7 Å². The van der Waals surface area contributed by atoms with Gasteiger partial charge in [0.1, 0.15) is 0 Å². The molecule has 2 nitrogen and oxygen atoms in total. The third kappa shape index (κ3) is 4.11. The zero-order valence-electron chi connectivity index (χ0n) is 16.9. The van der Waals surface area contributed by atoms with Crippen LogP contribution in [0.5, 0.6) is 0 Å². The van der Waals surface area contributed by atoms with Crippen LogP contribution in [0.1, 0.15) is 29.5 Å². The summed E-state index contributed by atoms with van der Waals surface area (Å²) in [5.41, 5.74) is 6.20. The van der Waals surface area contributed by atoms with E-state index in [0.29, 0.717) is 0 Å². The topological polar surface area (TPSA) is 28.2 Å². The first-order valence-electron chi connectivity index (χ1n) is 9.72. The predicted octanol–water partition coefficient (Wildman–Crippen LogP) is 6.77. The molecule has 0 saturated carbocycles. The van der Waals surface area contributed by atoms with E-state index in [1.807, 2.05) is 0 Å². The standard InChI is InChI=1S/2C9H7.2C2H6N.C2H4.Zr/c2*1-2-5-9-7-3-6-8(9)4-1;2*1-3-2;1-2;/h2*1-7H;2*1-2H3;1-2H2;/q;;2*-1;;+2. The van der Waals surface area contributed by atoms with Gasteiger partial charge in [0.15, 0.2) is 0 Å². The molecule has 1 heterocycles. The van der Waals surface area contributed by atoms with Gasteiger partial charge >= 0.3 is 131 Å². The number of allylic oxidation sites excluding steroid dienone is 2. The Labute approximate surface area is 169 Å². The second kappa shape index (κ2) is 9.28. The van der Waals surface area contributed by atoms with Gasteiger partial charge in [0.25, 0.3) is 0 Å². The summed E-state index contributed by atoms with van der Waals surface area (Å²) in [5, 5.41) is 7.00. The quantitative estimate of drug-likeness (QED) is 0.496. The van der Waals surface area contributed by atoms with Gasteiger partial charge in [-0.15, -0.1) is 0 Å². The average Bonchev–Trinajstić information content (AvgIpc) is 3.17. The summed E-state index contributed by atoms with van der Waals surface area (Å²) < 4.78 is 4.72. The normalized spacial score (nSPS) is 20.9. The summed E-state index contributed by atoms with van der Waals surface area (Å²) in [7, 11) is 7.00. The van der Waals surface area contributed by atoms with E-state index >= 15 is 0 Å². The van der Waals surface area contributed by atoms with Crippen LogP contribution in [0.25, 0.3) is 22.8 Å². The van der Waals surface area contributed by atoms with Gasteiger partial charge in [-0.2, -0.15) is 28.2 Å². The van der Waals surface area contributed by atoms with Crippen LogP contribution in [0.2, 0.25) is 8.26 Å². The molecule has 0 N–H and O–H groups in total. The zero-order valence-corrected chi connectivity index (χ0v) is 19.3.